The molecule has 144 valence electrons. The molecule has 0 radical (unpaired) electrons. The van der Waals surface area contributed by atoms with Crippen LogP contribution in [-0.2, 0) is 6.42 Å². The molecule has 2 heterocycles. The van der Waals surface area contributed by atoms with Crippen LogP contribution >= 0.6 is 0 Å². The van der Waals surface area contributed by atoms with Gasteiger partial charge >= 0.3 is 0 Å². The molecule has 4 nitrogen and oxygen atoms in total. The highest BCUT2D eigenvalue weighted by Crippen LogP contribution is 2.44. The number of aliphatic hydroxyl groups excluding tert-OH is 1. The van der Waals surface area contributed by atoms with E-state index in [-0.39, 0.29) is 11.8 Å². The molecular weight excluding hydrogens is 338 g/mol. The largest absolute Gasteiger partial charge is 0.508 e. The fourth-order valence-electron chi connectivity index (χ4n) is 5.25. The number of benzene rings is 2. The van der Waals surface area contributed by atoms with Gasteiger partial charge in [0.1, 0.15) is 5.75 Å². The number of phenolic OH excluding ortho intramolecular Hbond substituents is 1. The van der Waals surface area contributed by atoms with Gasteiger partial charge in [-0.2, -0.15) is 0 Å². The highest BCUT2D eigenvalue weighted by Gasteiger charge is 2.49. The number of nitrogens with zero attached hydrogens (tertiary/aromatic N) is 1. The van der Waals surface area contributed by atoms with Gasteiger partial charge in [0.2, 0.25) is 0 Å². The van der Waals surface area contributed by atoms with Gasteiger partial charge in [-0.3, -0.25) is 4.90 Å². The third-order valence-electron chi connectivity index (χ3n) is 6.45. The lowest BCUT2D eigenvalue weighted by Crippen LogP contribution is -2.55. The standard InChI is InChI=1S/C23H29NO3/c1-16(22(26)18-7-11-21(25)12-8-18)24-19-9-10-20(24)15-23(27,14-19)13-17-5-3-2-4-6-17/h2-8,11-12,16,19-20,22,25-27H,9-10,13-15H2,1H3. The third-order valence-corrected chi connectivity index (χ3v) is 6.45. The number of hydrogen-bond acceptors (Lipinski definition) is 4. The summed E-state index contributed by atoms with van der Waals surface area (Å²) in [5, 5.41) is 31.6. The number of phenols is 1. The summed E-state index contributed by atoms with van der Waals surface area (Å²) >= 11 is 0. The van der Waals surface area contributed by atoms with Crippen molar-refractivity contribution in [2.75, 3.05) is 0 Å². The Hall–Kier alpha value is -1.88. The van der Waals surface area contributed by atoms with Crippen LogP contribution in [0, 0.1) is 0 Å². The summed E-state index contributed by atoms with van der Waals surface area (Å²) in [6.45, 7) is 2.07. The van der Waals surface area contributed by atoms with Gasteiger partial charge in [-0.1, -0.05) is 42.5 Å². The second-order valence-electron chi connectivity index (χ2n) is 8.40. The highest BCUT2D eigenvalue weighted by atomic mass is 16.3. The summed E-state index contributed by atoms with van der Waals surface area (Å²) in [5.74, 6) is 0.211. The van der Waals surface area contributed by atoms with Crippen molar-refractivity contribution in [2.24, 2.45) is 0 Å². The van der Waals surface area contributed by atoms with E-state index in [1.165, 1.54) is 5.56 Å². The highest BCUT2D eigenvalue weighted by molar-refractivity contribution is 5.28. The first-order chi connectivity index (χ1) is 13.0. The molecule has 4 atom stereocenters. The molecule has 0 aromatic heterocycles. The van der Waals surface area contributed by atoms with E-state index in [0.717, 1.165) is 31.2 Å². The topological polar surface area (TPSA) is 63.9 Å². The van der Waals surface area contributed by atoms with Crippen LogP contribution in [0.5, 0.6) is 5.75 Å². The second kappa shape index (κ2) is 7.27. The van der Waals surface area contributed by atoms with Gasteiger partial charge in [-0.25, -0.2) is 0 Å². The summed E-state index contributed by atoms with van der Waals surface area (Å²) in [4.78, 5) is 2.43. The van der Waals surface area contributed by atoms with E-state index in [4.69, 9.17) is 0 Å². The number of fused-ring (bicyclic) bond motifs is 2. The molecule has 27 heavy (non-hydrogen) atoms. The predicted octanol–water partition coefficient (Wildman–Crippen LogP) is 3.41. The summed E-state index contributed by atoms with van der Waals surface area (Å²) in [6.07, 6.45) is 3.76. The van der Waals surface area contributed by atoms with Crippen LogP contribution < -0.4 is 0 Å². The first-order valence-electron chi connectivity index (χ1n) is 9.96. The van der Waals surface area contributed by atoms with E-state index in [1.807, 2.05) is 18.2 Å². The molecular formula is C23H29NO3. The number of hydrogen-bond donors (Lipinski definition) is 3. The minimum Gasteiger partial charge on any atom is -0.508 e. The quantitative estimate of drug-likeness (QED) is 0.758. The van der Waals surface area contributed by atoms with Crippen molar-refractivity contribution in [1.29, 1.82) is 0 Å². The Morgan fingerprint density at radius 2 is 1.59 bits per heavy atom. The molecule has 4 rings (SSSR count). The van der Waals surface area contributed by atoms with Gasteiger partial charge in [0.05, 0.1) is 11.7 Å². The number of aliphatic hydroxyl groups is 2. The molecule has 0 saturated carbocycles. The maximum Gasteiger partial charge on any atom is 0.115 e. The zero-order valence-electron chi connectivity index (χ0n) is 15.8. The Labute approximate surface area is 161 Å². The third kappa shape index (κ3) is 3.75. The van der Waals surface area contributed by atoms with Crippen LogP contribution in [0.1, 0.15) is 49.8 Å². The van der Waals surface area contributed by atoms with Crippen molar-refractivity contribution >= 4 is 0 Å². The second-order valence-corrected chi connectivity index (χ2v) is 8.40. The first-order valence-corrected chi connectivity index (χ1v) is 9.96. The molecule has 2 bridgehead atoms. The summed E-state index contributed by atoms with van der Waals surface area (Å²) in [5.41, 5.74) is 1.35. The molecule has 0 amide bonds. The Morgan fingerprint density at radius 1 is 1.00 bits per heavy atom. The van der Waals surface area contributed by atoms with Gasteiger partial charge in [-0.15, -0.1) is 0 Å². The van der Waals surface area contributed by atoms with E-state index in [0.29, 0.717) is 18.5 Å². The van der Waals surface area contributed by atoms with Gasteiger partial charge in [-0.05, 0) is 55.9 Å². The minimum absolute atomic E-state index is 0.0201. The van der Waals surface area contributed by atoms with Crippen LogP contribution in [0.3, 0.4) is 0 Å². The van der Waals surface area contributed by atoms with Crippen LogP contribution in [-0.4, -0.2) is 43.9 Å². The van der Waals surface area contributed by atoms with Crippen molar-refractivity contribution in [3.05, 3.63) is 65.7 Å². The van der Waals surface area contributed by atoms with E-state index < -0.39 is 11.7 Å². The van der Waals surface area contributed by atoms with Crippen LogP contribution in [0.15, 0.2) is 54.6 Å². The lowest BCUT2D eigenvalue weighted by molar-refractivity contribution is -0.0798. The summed E-state index contributed by atoms with van der Waals surface area (Å²) in [7, 11) is 0. The van der Waals surface area contributed by atoms with E-state index in [1.54, 1.807) is 24.3 Å². The molecule has 4 heteroatoms. The zero-order valence-corrected chi connectivity index (χ0v) is 15.8. The SMILES string of the molecule is CC(C(O)c1ccc(O)cc1)N1C2CCC1CC(O)(Cc1ccccc1)C2. The average Bonchev–Trinajstić information content (AvgIpc) is 2.94. The van der Waals surface area contributed by atoms with Crippen molar-refractivity contribution in [2.45, 2.75) is 68.9 Å². The molecule has 4 unspecified atom stereocenters. The normalized spacial score (nSPS) is 30.2. The Balaban J connectivity index is 1.48. The molecule has 2 aromatic carbocycles. The summed E-state index contributed by atoms with van der Waals surface area (Å²) < 4.78 is 0. The molecule has 3 N–H and O–H groups in total. The maximum absolute atomic E-state index is 11.3. The van der Waals surface area contributed by atoms with Crippen LogP contribution in [0.4, 0.5) is 0 Å². The molecule has 0 spiro atoms. The lowest BCUT2D eigenvalue weighted by atomic mass is 9.80. The number of aromatic hydroxyl groups is 1. The van der Waals surface area contributed by atoms with Gasteiger partial charge in [0.15, 0.2) is 0 Å². The fraction of sp³-hybridized carbons (Fsp3) is 0.478. The minimum atomic E-state index is -0.660. The van der Waals surface area contributed by atoms with E-state index >= 15 is 0 Å². The smallest absolute Gasteiger partial charge is 0.115 e. The van der Waals surface area contributed by atoms with Crippen molar-refractivity contribution < 1.29 is 15.3 Å². The van der Waals surface area contributed by atoms with E-state index in [2.05, 4.69) is 24.0 Å². The molecule has 2 aliphatic heterocycles. The molecule has 2 aromatic rings. The van der Waals surface area contributed by atoms with Crippen molar-refractivity contribution in [3.8, 4) is 5.75 Å². The molecule has 2 saturated heterocycles. The predicted molar refractivity (Wildman–Crippen MR) is 106 cm³/mol. The van der Waals surface area contributed by atoms with Crippen LogP contribution in [0.2, 0.25) is 0 Å². The average molecular weight is 367 g/mol. The fourth-order valence-corrected chi connectivity index (χ4v) is 5.25. The molecule has 0 aliphatic carbocycles. The van der Waals surface area contributed by atoms with Gasteiger partial charge in [0, 0.05) is 24.5 Å². The van der Waals surface area contributed by atoms with E-state index in [9.17, 15) is 15.3 Å². The summed E-state index contributed by atoms with van der Waals surface area (Å²) in [6, 6.07) is 17.6. The molecule has 2 aliphatic rings. The Kier molecular flexibility index (Phi) is 4.97. The Morgan fingerprint density at radius 3 is 2.19 bits per heavy atom. The lowest BCUT2D eigenvalue weighted by Gasteiger charge is -2.47. The monoisotopic (exact) mass is 367 g/mol. The van der Waals surface area contributed by atoms with Crippen molar-refractivity contribution in [3.63, 3.8) is 0 Å². The Bertz CT molecular complexity index is 747. The molecule has 2 fully saturated rings. The number of piperidine rings is 1. The van der Waals surface area contributed by atoms with Crippen LogP contribution in [0.25, 0.3) is 0 Å². The number of rotatable bonds is 5. The van der Waals surface area contributed by atoms with Crippen molar-refractivity contribution in [1.82, 2.24) is 4.90 Å². The van der Waals surface area contributed by atoms with Gasteiger partial charge in [0.25, 0.3) is 0 Å². The zero-order chi connectivity index (χ0) is 19.0. The first kappa shape index (κ1) is 18.5. The van der Waals surface area contributed by atoms with Gasteiger partial charge < -0.3 is 15.3 Å². The maximum atomic E-state index is 11.3.